The Kier molecular flexibility index (Phi) is 7.48. The third kappa shape index (κ3) is 5.99. The van der Waals surface area contributed by atoms with E-state index in [1.807, 2.05) is 13.0 Å². The lowest BCUT2D eigenvalue weighted by Gasteiger charge is -2.11. The lowest BCUT2D eigenvalue weighted by molar-refractivity contribution is -0.136. The van der Waals surface area contributed by atoms with Crippen LogP contribution in [0.4, 0.5) is 5.69 Å². The number of ether oxygens (including phenoxy) is 4. The summed E-state index contributed by atoms with van der Waals surface area (Å²) in [5, 5.41) is 2.78. The summed E-state index contributed by atoms with van der Waals surface area (Å²) in [6.07, 6.45) is 0. The summed E-state index contributed by atoms with van der Waals surface area (Å²) in [6.45, 7) is 2.09. The number of rotatable bonds is 9. The number of methoxy groups -OCH3 is 1. The Bertz CT molecular complexity index is 1030. The molecule has 7 nitrogen and oxygen atoms in total. The van der Waals surface area contributed by atoms with Crippen molar-refractivity contribution in [2.75, 3.05) is 25.6 Å². The fraction of sp³-hybridized carbons (Fsp3) is 0.167. The summed E-state index contributed by atoms with van der Waals surface area (Å²) in [5.41, 5.74) is 0.975. The van der Waals surface area contributed by atoms with Crippen molar-refractivity contribution in [1.82, 2.24) is 0 Å². The monoisotopic (exact) mass is 421 g/mol. The standard InChI is InChI=1S/C24H23NO6/c1-3-29-21-10-6-7-11-22(21)30-16-23(26)31-18-14-12-17(13-15-18)25-24(27)19-8-4-5-9-20(19)28-2/h4-15H,3,16H2,1-2H3,(H,25,27). The zero-order chi connectivity index (χ0) is 22.1. The highest BCUT2D eigenvalue weighted by Gasteiger charge is 2.13. The minimum absolute atomic E-state index is 0.267. The zero-order valence-corrected chi connectivity index (χ0v) is 17.3. The van der Waals surface area contributed by atoms with Crippen LogP contribution in [0.25, 0.3) is 0 Å². The van der Waals surface area contributed by atoms with E-state index >= 15 is 0 Å². The molecule has 0 aliphatic rings. The van der Waals surface area contributed by atoms with Crippen LogP contribution >= 0.6 is 0 Å². The normalized spacial score (nSPS) is 10.1. The van der Waals surface area contributed by atoms with Crippen molar-refractivity contribution in [2.45, 2.75) is 6.92 Å². The lowest BCUT2D eigenvalue weighted by atomic mass is 10.2. The molecule has 160 valence electrons. The van der Waals surface area contributed by atoms with Gasteiger partial charge in [0.15, 0.2) is 18.1 Å². The molecule has 3 rings (SSSR count). The van der Waals surface area contributed by atoms with Gasteiger partial charge in [0.1, 0.15) is 11.5 Å². The van der Waals surface area contributed by atoms with Gasteiger partial charge in [-0.15, -0.1) is 0 Å². The molecule has 3 aromatic carbocycles. The molecular weight excluding hydrogens is 398 g/mol. The first-order chi connectivity index (χ1) is 15.1. The van der Waals surface area contributed by atoms with Gasteiger partial charge < -0.3 is 24.3 Å². The third-order valence-electron chi connectivity index (χ3n) is 4.19. The molecule has 0 aliphatic carbocycles. The van der Waals surface area contributed by atoms with Crippen molar-refractivity contribution in [3.05, 3.63) is 78.4 Å². The van der Waals surface area contributed by atoms with Crippen LogP contribution in [-0.2, 0) is 4.79 Å². The van der Waals surface area contributed by atoms with E-state index < -0.39 is 5.97 Å². The first-order valence-electron chi connectivity index (χ1n) is 9.70. The zero-order valence-electron chi connectivity index (χ0n) is 17.3. The summed E-state index contributed by atoms with van der Waals surface area (Å²) >= 11 is 0. The maximum atomic E-state index is 12.4. The molecule has 1 amide bonds. The molecule has 0 aromatic heterocycles. The van der Waals surface area contributed by atoms with Gasteiger partial charge in [-0.2, -0.15) is 0 Å². The molecule has 0 saturated carbocycles. The lowest BCUT2D eigenvalue weighted by Crippen LogP contribution is -2.18. The van der Waals surface area contributed by atoms with Crippen LogP contribution in [-0.4, -0.2) is 32.2 Å². The number of anilines is 1. The molecule has 0 atom stereocenters. The number of hydrogen-bond donors (Lipinski definition) is 1. The Balaban J connectivity index is 1.54. The molecule has 3 aromatic rings. The first-order valence-corrected chi connectivity index (χ1v) is 9.70. The van der Waals surface area contributed by atoms with Crippen LogP contribution in [0.15, 0.2) is 72.8 Å². The van der Waals surface area contributed by atoms with Crippen molar-refractivity contribution in [3.63, 3.8) is 0 Å². The Morgan fingerprint density at radius 2 is 1.42 bits per heavy atom. The van der Waals surface area contributed by atoms with Crippen LogP contribution in [0, 0.1) is 0 Å². The van der Waals surface area contributed by atoms with Crippen molar-refractivity contribution < 1.29 is 28.5 Å². The van der Waals surface area contributed by atoms with E-state index in [9.17, 15) is 9.59 Å². The minimum Gasteiger partial charge on any atom is -0.496 e. The number of hydrogen-bond acceptors (Lipinski definition) is 6. The van der Waals surface area contributed by atoms with Crippen molar-refractivity contribution in [3.8, 4) is 23.0 Å². The summed E-state index contributed by atoms with van der Waals surface area (Å²) in [4.78, 5) is 24.5. The topological polar surface area (TPSA) is 83.1 Å². The molecule has 0 aliphatic heterocycles. The molecule has 0 fully saturated rings. The molecule has 31 heavy (non-hydrogen) atoms. The highest BCUT2D eigenvalue weighted by Crippen LogP contribution is 2.26. The predicted octanol–water partition coefficient (Wildman–Crippen LogP) is 4.33. The molecule has 0 bridgehead atoms. The average Bonchev–Trinajstić information content (AvgIpc) is 2.80. The number of esters is 1. The van der Waals surface area contributed by atoms with E-state index in [0.29, 0.717) is 40.9 Å². The van der Waals surface area contributed by atoms with Crippen molar-refractivity contribution in [1.29, 1.82) is 0 Å². The van der Waals surface area contributed by atoms with Gasteiger partial charge in [-0.3, -0.25) is 4.79 Å². The van der Waals surface area contributed by atoms with Crippen LogP contribution in [0.2, 0.25) is 0 Å². The summed E-state index contributed by atoms with van der Waals surface area (Å²) in [6, 6.07) is 20.5. The van der Waals surface area contributed by atoms with E-state index in [-0.39, 0.29) is 12.5 Å². The van der Waals surface area contributed by atoms with Gasteiger partial charge in [0, 0.05) is 5.69 Å². The fourth-order valence-electron chi connectivity index (χ4n) is 2.78. The van der Waals surface area contributed by atoms with E-state index in [2.05, 4.69) is 5.32 Å². The maximum Gasteiger partial charge on any atom is 0.349 e. The van der Waals surface area contributed by atoms with Crippen LogP contribution in [0.1, 0.15) is 17.3 Å². The van der Waals surface area contributed by atoms with E-state index in [1.165, 1.54) is 7.11 Å². The quantitative estimate of drug-likeness (QED) is 0.409. The van der Waals surface area contributed by atoms with Gasteiger partial charge in [0.05, 0.1) is 19.3 Å². The molecule has 0 radical (unpaired) electrons. The van der Waals surface area contributed by atoms with Crippen LogP contribution < -0.4 is 24.3 Å². The highest BCUT2D eigenvalue weighted by molar-refractivity contribution is 6.06. The number of carbonyl (C=O) groups is 2. The number of nitrogens with one attached hydrogen (secondary N) is 1. The van der Waals surface area contributed by atoms with Gasteiger partial charge >= 0.3 is 5.97 Å². The summed E-state index contributed by atoms with van der Waals surface area (Å²) in [5.74, 6) is 0.989. The first kappa shape index (κ1) is 21.7. The molecule has 0 unspecified atom stereocenters. The second kappa shape index (κ2) is 10.7. The van der Waals surface area contributed by atoms with Crippen molar-refractivity contribution >= 4 is 17.6 Å². The van der Waals surface area contributed by atoms with E-state index in [4.69, 9.17) is 18.9 Å². The second-order valence-corrected chi connectivity index (χ2v) is 6.32. The van der Waals surface area contributed by atoms with Crippen molar-refractivity contribution in [2.24, 2.45) is 0 Å². The summed E-state index contributed by atoms with van der Waals surface area (Å²) in [7, 11) is 1.51. The molecule has 0 spiro atoms. The number of para-hydroxylation sites is 3. The fourth-order valence-corrected chi connectivity index (χ4v) is 2.78. The smallest absolute Gasteiger partial charge is 0.349 e. The molecule has 0 saturated heterocycles. The van der Waals surface area contributed by atoms with Gasteiger partial charge in [-0.25, -0.2) is 4.79 Å². The molecule has 0 heterocycles. The van der Waals surface area contributed by atoms with Gasteiger partial charge in [-0.05, 0) is 55.5 Å². The third-order valence-corrected chi connectivity index (χ3v) is 4.19. The Morgan fingerprint density at radius 1 is 0.806 bits per heavy atom. The Hall–Kier alpha value is -4.00. The number of carbonyl (C=O) groups excluding carboxylic acids is 2. The van der Waals surface area contributed by atoms with E-state index in [1.54, 1.807) is 66.7 Å². The highest BCUT2D eigenvalue weighted by atomic mass is 16.6. The Morgan fingerprint density at radius 3 is 2.06 bits per heavy atom. The largest absolute Gasteiger partial charge is 0.496 e. The van der Waals surface area contributed by atoms with Gasteiger partial charge in [0.2, 0.25) is 0 Å². The number of benzene rings is 3. The second-order valence-electron chi connectivity index (χ2n) is 6.32. The summed E-state index contributed by atoms with van der Waals surface area (Å²) < 4.78 is 21.4. The minimum atomic E-state index is -0.558. The van der Waals surface area contributed by atoms with Crippen LogP contribution in [0.3, 0.4) is 0 Å². The van der Waals surface area contributed by atoms with Gasteiger partial charge in [0.25, 0.3) is 5.91 Å². The van der Waals surface area contributed by atoms with Crippen LogP contribution in [0.5, 0.6) is 23.0 Å². The average molecular weight is 421 g/mol. The number of amides is 1. The molecule has 1 N–H and O–H groups in total. The predicted molar refractivity (Wildman–Crippen MR) is 116 cm³/mol. The molecule has 7 heteroatoms. The van der Waals surface area contributed by atoms with E-state index in [0.717, 1.165) is 0 Å². The van der Waals surface area contributed by atoms with Gasteiger partial charge in [-0.1, -0.05) is 24.3 Å². The molecular formula is C24H23NO6. The Labute approximate surface area is 180 Å². The maximum absolute atomic E-state index is 12.4. The SMILES string of the molecule is CCOc1ccccc1OCC(=O)Oc1ccc(NC(=O)c2ccccc2OC)cc1.